The quantitative estimate of drug-likeness (QED) is 0.677. The number of carbonyl (C=O) groups excluding carboxylic acids is 1. The number of aryl methyl sites for hydroxylation is 2. The van der Waals surface area contributed by atoms with Crippen molar-refractivity contribution < 1.29 is 22.7 Å². The number of esters is 1. The Bertz CT molecular complexity index is 817. The minimum Gasteiger partial charge on any atom is -0.465 e. The average Bonchev–Trinajstić information content (AvgIpc) is 3.09. The maximum atomic E-state index is 12.8. The smallest absolute Gasteiger partial charge is 0.416 e. The van der Waals surface area contributed by atoms with Crippen LogP contribution in [0, 0.1) is 5.92 Å². The predicted octanol–water partition coefficient (Wildman–Crippen LogP) is 4.00. The number of benzene rings is 1. The first-order valence-electron chi connectivity index (χ1n) is 9.74. The van der Waals surface area contributed by atoms with Gasteiger partial charge >= 0.3 is 12.1 Å². The summed E-state index contributed by atoms with van der Waals surface area (Å²) in [5.74, 6) is -0.221. The van der Waals surface area contributed by atoms with Gasteiger partial charge in [-0.05, 0) is 56.1 Å². The summed E-state index contributed by atoms with van der Waals surface area (Å²) in [5, 5.41) is 4.08. The van der Waals surface area contributed by atoms with E-state index >= 15 is 0 Å². The molecule has 0 aliphatic carbocycles. The van der Waals surface area contributed by atoms with E-state index in [9.17, 15) is 18.0 Å². The van der Waals surface area contributed by atoms with Gasteiger partial charge in [-0.25, -0.2) is 0 Å². The molecule has 1 aromatic carbocycles. The Hall–Kier alpha value is -2.35. The van der Waals surface area contributed by atoms with Crippen molar-refractivity contribution in [2.24, 2.45) is 13.0 Å². The molecule has 0 saturated carbocycles. The largest absolute Gasteiger partial charge is 0.465 e. The van der Waals surface area contributed by atoms with E-state index < -0.39 is 11.7 Å². The normalized spacial score (nSPS) is 20.6. The second kappa shape index (κ2) is 8.98. The van der Waals surface area contributed by atoms with Gasteiger partial charge in [0.15, 0.2) is 0 Å². The van der Waals surface area contributed by atoms with Crippen molar-refractivity contribution in [2.75, 3.05) is 20.2 Å². The van der Waals surface area contributed by atoms with Gasteiger partial charge in [-0.2, -0.15) is 18.3 Å². The lowest BCUT2D eigenvalue weighted by atomic mass is 9.85. The number of ether oxygens (including phenoxy) is 1. The van der Waals surface area contributed by atoms with E-state index in [1.807, 2.05) is 20.3 Å². The topological polar surface area (TPSA) is 47.4 Å². The molecule has 0 bridgehead atoms. The molecule has 29 heavy (non-hydrogen) atoms. The minimum absolute atomic E-state index is 0.0489. The lowest BCUT2D eigenvalue weighted by molar-refractivity contribution is -0.146. The maximum absolute atomic E-state index is 12.8. The van der Waals surface area contributed by atoms with Crippen molar-refractivity contribution in [2.45, 2.75) is 37.9 Å². The highest BCUT2D eigenvalue weighted by molar-refractivity contribution is 5.69. The summed E-state index contributed by atoms with van der Waals surface area (Å²) < 4.78 is 45.7. The Kier molecular flexibility index (Phi) is 6.62. The third-order valence-electron chi connectivity index (χ3n) is 5.42. The van der Waals surface area contributed by atoms with Gasteiger partial charge in [0.2, 0.25) is 0 Å². The van der Waals surface area contributed by atoms with Gasteiger partial charge in [0.05, 0.1) is 18.4 Å². The first-order valence-corrected chi connectivity index (χ1v) is 9.74. The molecule has 0 N–H and O–H groups in total. The summed E-state index contributed by atoms with van der Waals surface area (Å²) in [7, 11) is 3.78. The summed E-state index contributed by atoms with van der Waals surface area (Å²) in [6, 6.07) is 5.24. The van der Waals surface area contributed by atoms with E-state index in [0.717, 1.165) is 42.6 Å². The van der Waals surface area contributed by atoms with Crippen molar-refractivity contribution in [3.8, 4) is 0 Å². The SMILES string of the molecule is CN1CCCC(COC(=O)CCc2cnn(C)c2)C1c1ccc(C(F)(F)F)cc1. The Labute approximate surface area is 168 Å². The molecule has 158 valence electrons. The highest BCUT2D eigenvalue weighted by Crippen LogP contribution is 2.37. The molecule has 1 aromatic heterocycles. The van der Waals surface area contributed by atoms with Crippen LogP contribution in [0.25, 0.3) is 0 Å². The summed E-state index contributed by atoms with van der Waals surface area (Å²) in [6.45, 7) is 1.12. The monoisotopic (exact) mass is 409 g/mol. The third-order valence-corrected chi connectivity index (χ3v) is 5.42. The molecule has 2 unspecified atom stereocenters. The molecule has 8 heteroatoms. The van der Waals surface area contributed by atoms with E-state index in [1.54, 1.807) is 10.9 Å². The maximum Gasteiger partial charge on any atom is 0.416 e. The first kappa shape index (κ1) is 21.4. The molecular weight excluding hydrogens is 383 g/mol. The molecule has 2 heterocycles. The highest BCUT2D eigenvalue weighted by Gasteiger charge is 2.33. The van der Waals surface area contributed by atoms with Crippen LogP contribution in [-0.2, 0) is 29.2 Å². The standard InChI is InChI=1S/C21H26F3N3O2/c1-26-11-3-4-17(14-29-19(28)10-5-15-12-25-27(2)13-15)20(26)16-6-8-18(9-7-16)21(22,23)24/h6-9,12-13,17,20H,3-5,10-11,14H2,1-2H3. The lowest BCUT2D eigenvalue weighted by Crippen LogP contribution is -2.38. The molecule has 2 atom stereocenters. The van der Waals surface area contributed by atoms with Crippen molar-refractivity contribution >= 4 is 5.97 Å². The molecule has 0 spiro atoms. The van der Waals surface area contributed by atoms with Crippen LogP contribution in [0.4, 0.5) is 13.2 Å². The van der Waals surface area contributed by atoms with E-state index in [2.05, 4.69) is 10.00 Å². The zero-order valence-electron chi connectivity index (χ0n) is 16.7. The fraction of sp³-hybridized carbons (Fsp3) is 0.524. The van der Waals surface area contributed by atoms with Gasteiger partial charge in [-0.3, -0.25) is 14.4 Å². The Morgan fingerprint density at radius 2 is 1.97 bits per heavy atom. The van der Waals surface area contributed by atoms with Gasteiger partial charge in [0, 0.05) is 31.6 Å². The van der Waals surface area contributed by atoms with Crippen molar-refractivity contribution in [3.63, 3.8) is 0 Å². The van der Waals surface area contributed by atoms with Crippen LogP contribution in [0.15, 0.2) is 36.7 Å². The van der Waals surface area contributed by atoms with E-state index in [-0.39, 0.29) is 31.0 Å². The Balaban J connectivity index is 1.60. The third kappa shape index (κ3) is 5.59. The molecule has 3 rings (SSSR count). The van der Waals surface area contributed by atoms with Gasteiger partial charge in [0.1, 0.15) is 0 Å². The van der Waals surface area contributed by atoms with Crippen LogP contribution in [0.3, 0.4) is 0 Å². The number of halogens is 3. The zero-order valence-corrected chi connectivity index (χ0v) is 16.7. The number of rotatable bonds is 6. The van der Waals surface area contributed by atoms with Crippen LogP contribution in [0.2, 0.25) is 0 Å². The predicted molar refractivity (Wildman–Crippen MR) is 102 cm³/mol. The van der Waals surface area contributed by atoms with Crippen LogP contribution in [0.5, 0.6) is 0 Å². The fourth-order valence-corrected chi connectivity index (χ4v) is 3.95. The molecule has 0 amide bonds. The second-order valence-electron chi connectivity index (χ2n) is 7.65. The molecule has 1 aliphatic rings. The number of hydrogen-bond acceptors (Lipinski definition) is 4. The molecule has 2 aromatic rings. The number of aromatic nitrogens is 2. The fourth-order valence-electron chi connectivity index (χ4n) is 3.95. The molecule has 1 fully saturated rings. The number of alkyl halides is 3. The van der Waals surface area contributed by atoms with Crippen LogP contribution >= 0.6 is 0 Å². The van der Waals surface area contributed by atoms with Crippen LogP contribution in [0.1, 0.15) is 42.0 Å². The van der Waals surface area contributed by atoms with Crippen molar-refractivity contribution in [1.82, 2.24) is 14.7 Å². The average molecular weight is 409 g/mol. The van der Waals surface area contributed by atoms with E-state index in [4.69, 9.17) is 4.74 Å². The zero-order chi connectivity index (χ0) is 21.0. The lowest BCUT2D eigenvalue weighted by Gasteiger charge is -2.39. The summed E-state index contributed by atoms with van der Waals surface area (Å²) in [4.78, 5) is 14.3. The minimum atomic E-state index is -4.35. The molecule has 1 saturated heterocycles. The van der Waals surface area contributed by atoms with Crippen LogP contribution in [-0.4, -0.2) is 40.8 Å². The number of carbonyl (C=O) groups is 1. The molecular formula is C21H26F3N3O2. The second-order valence-corrected chi connectivity index (χ2v) is 7.65. The first-order chi connectivity index (χ1) is 13.7. The van der Waals surface area contributed by atoms with Gasteiger partial charge in [-0.15, -0.1) is 0 Å². The van der Waals surface area contributed by atoms with Crippen molar-refractivity contribution in [1.29, 1.82) is 0 Å². The molecule has 0 radical (unpaired) electrons. The van der Waals surface area contributed by atoms with Gasteiger partial charge in [-0.1, -0.05) is 12.1 Å². The molecule has 5 nitrogen and oxygen atoms in total. The molecule has 1 aliphatic heterocycles. The van der Waals surface area contributed by atoms with Crippen molar-refractivity contribution in [3.05, 3.63) is 53.3 Å². The number of likely N-dealkylation sites (tertiary alicyclic amines) is 1. The number of piperidine rings is 1. The summed E-state index contributed by atoms with van der Waals surface area (Å²) in [5.41, 5.74) is 1.14. The van der Waals surface area contributed by atoms with E-state index in [1.165, 1.54) is 12.1 Å². The van der Waals surface area contributed by atoms with E-state index in [0.29, 0.717) is 6.42 Å². The summed E-state index contributed by atoms with van der Waals surface area (Å²) >= 11 is 0. The number of hydrogen-bond donors (Lipinski definition) is 0. The number of nitrogens with zero attached hydrogens (tertiary/aromatic N) is 3. The Morgan fingerprint density at radius 1 is 1.24 bits per heavy atom. The highest BCUT2D eigenvalue weighted by atomic mass is 19.4. The Morgan fingerprint density at radius 3 is 2.59 bits per heavy atom. The van der Waals surface area contributed by atoms with Gasteiger partial charge < -0.3 is 4.74 Å². The summed E-state index contributed by atoms with van der Waals surface area (Å²) in [6.07, 6.45) is 1.92. The van der Waals surface area contributed by atoms with Gasteiger partial charge in [0.25, 0.3) is 0 Å². The van der Waals surface area contributed by atoms with Crippen LogP contribution < -0.4 is 0 Å².